The fourth-order valence-corrected chi connectivity index (χ4v) is 3.28. The minimum absolute atomic E-state index is 0.0579. The predicted molar refractivity (Wildman–Crippen MR) is 73.4 cm³/mol. The highest BCUT2D eigenvalue weighted by atomic mass is 32.2. The third-order valence-corrected chi connectivity index (χ3v) is 4.77. The Balaban J connectivity index is 2.26. The summed E-state index contributed by atoms with van der Waals surface area (Å²) in [5.74, 6) is 0. The van der Waals surface area contributed by atoms with Gasteiger partial charge < -0.3 is 9.84 Å². The fourth-order valence-electron chi connectivity index (χ4n) is 2.07. The second kappa shape index (κ2) is 5.90. The molecule has 1 aromatic carbocycles. The number of ether oxygens (including phenoxy) is 1. The molecule has 5 nitrogen and oxygen atoms in total. The Labute approximate surface area is 116 Å². The van der Waals surface area contributed by atoms with Crippen molar-refractivity contribution >= 4 is 17.4 Å². The number of nitrogens with zero attached hydrogens (tertiary/aromatic N) is 1. The van der Waals surface area contributed by atoms with Gasteiger partial charge in [0.05, 0.1) is 22.0 Å². The maximum Gasteiger partial charge on any atom is 0.283 e. The molecule has 0 amide bonds. The second-order valence-corrected chi connectivity index (χ2v) is 5.96. The van der Waals surface area contributed by atoms with Crippen LogP contribution < -0.4 is 0 Å². The van der Waals surface area contributed by atoms with Crippen molar-refractivity contribution in [2.24, 2.45) is 0 Å². The molecule has 1 fully saturated rings. The Morgan fingerprint density at radius 3 is 2.84 bits per heavy atom. The highest BCUT2D eigenvalue weighted by Gasteiger charge is 2.28. The first-order valence-electron chi connectivity index (χ1n) is 6.23. The quantitative estimate of drug-likeness (QED) is 0.679. The van der Waals surface area contributed by atoms with E-state index in [0.717, 1.165) is 6.42 Å². The molecule has 1 aromatic rings. The van der Waals surface area contributed by atoms with Gasteiger partial charge >= 0.3 is 0 Å². The maximum atomic E-state index is 11.1. The zero-order valence-electron chi connectivity index (χ0n) is 10.9. The molecule has 2 rings (SSSR count). The van der Waals surface area contributed by atoms with E-state index >= 15 is 0 Å². The molecular formula is C13H17NO4S. The van der Waals surface area contributed by atoms with Crippen LogP contribution in [0.3, 0.4) is 0 Å². The van der Waals surface area contributed by atoms with Gasteiger partial charge in [0.2, 0.25) is 0 Å². The summed E-state index contributed by atoms with van der Waals surface area (Å²) < 4.78 is 5.47. The summed E-state index contributed by atoms with van der Waals surface area (Å²) in [4.78, 5) is 11.4. The van der Waals surface area contributed by atoms with Crippen molar-refractivity contribution in [1.82, 2.24) is 0 Å². The molecule has 1 saturated heterocycles. The van der Waals surface area contributed by atoms with Crippen LogP contribution in [0.2, 0.25) is 0 Å². The molecule has 0 aromatic heterocycles. The van der Waals surface area contributed by atoms with E-state index in [9.17, 15) is 15.2 Å². The average molecular weight is 283 g/mol. The Morgan fingerprint density at radius 2 is 2.32 bits per heavy atom. The fraction of sp³-hybridized carbons (Fsp3) is 0.538. The number of nitro benzene ring substituents is 1. The van der Waals surface area contributed by atoms with Gasteiger partial charge in [-0.1, -0.05) is 6.07 Å². The smallest absolute Gasteiger partial charge is 0.283 e. The van der Waals surface area contributed by atoms with Gasteiger partial charge in [0.25, 0.3) is 5.69 Å². The number of aliphatic hydroxyl groups is 1. The molecule has 2 unspecified atom stereocenters. The molecule has 0 spiro atoms. The van der Waals surface area contributed by atoms with Crippen LogP contribution in [0.4, 0.5) is 5.69 Å². The standard InChI is InChI=1S/C13H17NO4S/c1-8(15)10-3-4-13(11(7-10)14(16)17)19-12-5-6-18-9(12)2/h3-4,7-9,12,15H,5-6H2,1-2H3/t8-,9?,12?/m0/s1. The second-order valence-electron chi connectivity index (χ2n) is 4.68. The van der Waals surface area contributed by atoms with Crippen LogP contribution in [-0.4, -0.2) is 28.0 Å². The number of hydrogen-bond acceptors (Lipinski definition) is 5. The van der Waals surface area contributed by atoms with E-state index in [1.165, 1.54) is 17.8 Å². The maximum absolute atomic E-state index is 11.1. The number of rotatable bonds is 4. The highest BCUT2D eigenvalue weighted by molar-refractivity contribution is 8.00. The van der Waals surface area contributed by atoms with E-state index in [1.54, 1.807) is 19.1 Å². The molecule has 1 heterocycles. The third-order valence-electron chi connectivity index (χ3n) is 3.25. The van der Waals surface area contributed by atoms with E-state index in [4.69, 9.17) is 4.74 Å². The van der Waals surface area contributed by atoms with E-state index in [0.29, 0.717) is 17.1 Å². The molecule has 19 heavy (non-hydrogen) atoms. The largest absolute Gasteiger partial charge is 0.389 e. The Bertz CT molecular complexity index is 478. The van der Waals surface area contributed by atoms with Gasteiger partial charge in [-0.05, 0) is 31.9 Å². The van der Waals surface area contributed by atoms with E-state index < -0.39 is 11.0 Å². The molecule has 0 bridgehead atoms. The summed E-state index contributed by atoms with van der Waals surface area (Å²) in [6.45, 7) is 4.29. The monoisotopic (exact) mass is 283 g/mol. The summed E-state index contributed by atoms with van der Waals surface area (Å²) in [6.07, 6.45) is 0.314. The van der Waals surface area contributed by atoms with Crippen molar-refractivity contribution in [1.29, 1.82) is 0 Å². The lowest BCUT2D eigenvalue weighted by Crippen LogP contribution is -2.13. The van der Waals surface area contributed by atoms with Crippen LogP contribution in [0.15, 0.2) is 23.1 Å². The molecule has 0 aliphatic carbocycles. The zero-order chi connectivity index (χ0) is 14.0. The van der Waals surface area contributed by atoms with Crippen molar-refractivity contribution in [3.8, 4) is 0 Å². The summed E-state index contributed by atoms with van der Waals surface area (Å²) in [6, 6.07) is 4.91. The van der Waals surface area contributed by atoms with Gasteiger partial charge in [-0.15, -0.1) is 11.8 Å². The summed E-state index contributed by atoms with van der Waals surface area (Å²) in [5.41, 5.74) is 0.620. The molecule has 0 saturated carbocycles. The van der Waals surface area contributed by atoms with Crippen molar-refractivity contribution in [3.63, 3.8) is 0 Å². The molecule has 6 heteroatoms. The van der Waals surface area contributed by atoms with E-state index in [2.05, 4.69) is 0 Å². The lowest BCUT2D eigenvalue weighted by molar-refractivity contribution is -0.387. The number of nitro groups is 1. The molecule has 0 radical (unpaired) electrons. The minimum atomic E-state index is -0.702. The van der Waals surface area contributed by atoms with Crippen LogP contribution in [-0.2, 0) is 4.74 Å². The van der Waals surface area contributed by atoms with Gasteiger partial charge in [0, 0.05) is 17.9 Å². The van der Waals surface area contributed by atoms with Crippen LogP contribution in [0.5, 0.6) is 0 Å². The topological polar surface area (TPSA) is 72.6 Å². The van der Waals surface area contributed by atoms with Crippen LogP contribution in [0.1, 0.15) is 31.9 Å². The van der Waals surface area contributed by atoms with E-state index in [-0.39, 0.29) is 17.0 Å². The minimum Gasteiger partial charge on any atom is -0.389 e. The van der Waals surface area contributed by atoms with Gasteiger partial charge in [0.15, 0.2) is 0 Å². The van der Waals surface area contributed by atoms with Gasteiger partial charge in [0.1, 0.15) is 0 Å². The molecule has 1 N–H and O–H groups in total. The number of aliphatic hydroxyl groups excluding tert-OH is 1. The van der Waals surface area contributed by atoms with E-state index in [1.807, 2.05) is 6.92 Å². The zero-order valence-corrected chi connectivity index (χ0v) is 11.7. The highest BCUT2D eigenvalue weighted by Crippen LogP contribution is 2.38. The molecule has 1 aliphatic rings. The normalized spacial score (nSPS) is 24.4. The molecule has 104 valence electrons. The van der Waals surface area contributed by atoms with Crippen LogP contribution in [0, 0.1) is 10.1 Å². The van der Waals surface area contributed by atoms with Crippen molar-refractivity contribution in [2.45, 2.75) is 42.6 Å². The first kappa shape index (κ1) is 14.3. The van der Waals surface area contributed by atoms with Gasteiger partial charge in [-0.2, -0.15) is 0 Å². The van der Waals surface area contributed by atoms with Gasteiger partial charge in [-0.3, -0.25) is 10.1 Å². The first-order chi connectivity index (χ1) is 8.99. The average Bonchev–Trinajstić information content (AvgIpc) is 2.75. The SMILES string of the molecule is CC1OCCC1Sc1ccc([C@H](C)O)cc1[N+](=O)[O-]. The molecular weight excluding hydrogens is 266 g/mol. The molecule has 3 atom stereocenters. The van der Waals surface area contributed by atoms with Crippen molar-refractivity contribution < 1.29 is 14.8 Å². The Kier molecular flexibility index (Phi) is 4.44. The summed E-state index contributed by atoms with van der Waals surface area (Å²) in [5, 5.41) is 20.9. The summed E-state index contributed by atoms with van der Waals surface area (Å²) >= 11 is 1.49. The number of benzene rings is 1. The third kappa shape index (κ3) is 3.26. The number of thioether (sulfide) groups is 1. The lowest BCUT2D eigenvalue weighted by atomic mass is 10.1. The van der Waals surface area contributed by atoms with Crippen molar-refractivity contribution in [3.05, 3.63) is 33.9 Å². The summed E-state index contributed by atoms with van der Waals surface area (Å²) in [7, 11) is 0. The van der Waals surface area contributed by atoms with Crippen molar-refractivity contribution in [2.75, 3.05) is 6.61 Å². The Hall–Kier alpha value is -1.11. The number of hydrogen-bond donors (Lipinski definition) is 1. The predicted octanol–water partition coefficient (Wildman–Crippen LogP) is 2.92. The van der Waals surface area contributed by atoms with Gasteiger partial charge in [-0.25, -0.2) is 0 Å². The van der Waals surface area contributed by atoms with Crippen LogP contribution >= 0.6 is 11.8 Å². The Morgan fingerprint density at radius 1 is 1.58 bits per heavy atom. The lowest BCUT2D eigenvalue weighted by Gasteiger charge is -2.14. The first-order valence-corrected chi connectivity index (χ1v) is 7.11. The molecule has 1 aliphatic heterocycles. The van der Waals surface area contributed by atoms with Crippen LogP contribution in [0.25, 0.3) is 0 Å².